The molecule has 0 spiro atoms. The Morgan fingerprint density at radius 3 is 2.50 bits per heavy atom. The molecule has 0 bridgehead atoms. The number of hydrogen-bond acceptors (Lipinski definition) is 7. The van der Waals surface area contributed by atoms with Crippen LogP contribution in [0.1, 0.15) is 50.4 Å². The van der Waals surface area contributed by atoms with Crippen LogP contribution in [0.2, 0.25) is 0 Å². The third-order valence-electron chi connectivity index (χ3n) is 6.62. The molecule has 0 fully saturated rings. The molecule has 0 amide bonds. The minimum Gasteiger partial charge on any atom is -0.491 e. The van der Waals surface area contributed by atoms with Crippen molar-refractivity contribution >= 4 is 23.4 Å². The van der Waals surface area contributed by atoms with E-state index in [-0.39, 0.29) is 30.7 Å². The van der Waals surface area contributed by atoms with Gasteiger partial charge in [0.2, 0.25) is 0 Å². The first-order chi connectivity index (χ1) is 20.3. The zero-order valence-electron chi connectivity index (χ0n) is 23.8. The first-order valence-corrected chi connectivity index (χ1v) is 14.5. The van der Waals surface area contributed by atoms with Gasteiger partial charge < -0.3 is 14.2 Å². The standard InChI is InChI=1S/C33H31FN2O5S/c1-5-39-32(38)29-21(4)35-33-36(30(29)25-11-7-9-13-27(25)41-20(2)3)31(37)28(42-33)18-22-14-16-24(17-15-22)40-19-23-10-6-8-12-26(23)34/h6-18,20,30H,5,19H2,1-4H3/b28-18+. The number of carbonyl (C=O) groups is 1. The molecule has 216 valence electrons. The number of esters is 1. The average Bonchev–Trinajstić information content (AvgIpc) is 3.26. The van der Waals surface area contributed by atoms with Gasteiger partial charge in [-0.3, -0.25) is 9.36 Å². The topological polar surface area (TPSA) is 79.1 Å². The molecule has 5 rings (SSSR count). The van der Waals surface area contributed by atoms with Crippen molar-refractivity contribution in [2.75, 3.05) is 6.61 Å². The van der Waals surface area contributed by atoms with Gasteiger partial charge in [0.25, 0.3) is 5.56 Å². The second kappa shape index (κ2) is 12.6. The number of para-hydroxylation sites is 1. The molecule has 0 aliphatic carbocycles. The molecule has 0 N–H and O–H groups in total. The Morgan fingerprint density at radius 1 is 1.07 bits per heavy atom. The van der Waals surface area contributed by atoms with Crippen molar-refractivity contribution in [2.24, 2.45) is 4.99 Å². The second-order valence-corrected chi connectivity index (χ2v) is 11.0. The predicted molar refractivity (Wildman–Crippen MR) is 160 cm³/mol. The van der Waals surface area contributed by atoms with Gasteiger partial charge in [-0.2, -0.15) is 0 Å². The number of benzene rings is 3. The molecule has 1 aliphatic heterocycles. The van der Waals surface area contributed by atoms with Crippen LogP contribution in [0.3, 0.4) is 0 Å². The van der Waals surface area contributed by atoms with Crippen LogP contribution in [0.4, 0.5) is 4.39 Å². The number of nitrogens with zero attached hydrogens (tertiary/aromatic N) is 2. The molecule has 0 saturated heterocycles. The molecule has 1 aromatic heterocycles. The predicted octanol–water partition coefficient (Wildman–Crippen LogP) is 5.30. The summed E-state index contributed by atoms with van der Waals surface area (Å²) in [6.07, 6.45) is 1.67. The molecule has 0 radical (unpaired) electrons. The molecule has 1 atom stereocenters. The van der Waals surface area contributed by atoms with Crippen molar-refractivity contribution in [3.8, 4) is 11.5 Å². The van der Waals surface area contributed by atoms with E-state index in [1.165, 1.54) is 17.4 Å². The molecule has 1 aliphatic rings. The molecule has 2 heterocycles. The lowest BCUT2D eigenvalue weighted by atomic mass is 9.95. The number of allylic oxidation sites excluding steroid dienone is 1. The number of carbonyl (C=O) groups excluding carboxylic acids is 1. The number of aromatic nitrogens is 1. The van der Waals surface area contributed by atoms with Crippen LogP contribution < -0.4 is 24.4 Å². The Labute approximate surface area is 246 Å². The van der Waals surface area contributed by atoms with Crippen LogP contribution in [0, 0.1) is 5.82 Å². The summed E-state index contributed by atoms with van der Waals surface area (Å²) in [6.45, 7) is 7.63. The van der Waals surface area contributed by atoms with Crippen LogP contribution in [0.5, 0.6) is 11.5 Å². The first-order valence-electron chi connectivity index (χ1n) is 13.7. The van der Waals surface area contributed by atoms with Gasteiger partial charge in [-0.05, 0) is 63.6 Å². The highest BCUT2D eigenvalue weighted by molar-refractivity contribution is 7.07. The van der Waals surface area contributed by atoms with Crippen LogP contribution in [-0.2, 0) is 16.1 Å². The van der Waals surface area contributed by atoms with Crippen molar-refractivity contribution in [3.63, 3.8) is 0 Å². The number of rotatable bonds is 9. The smallest absolute Gasteiger partial charge is 0.338 e. The van der Waals surface area contributed by atoms with Crippen LogP contribution >= 0.6 is 11.3 Å². The number of hydrogen-bond donors (Lipinski definition) is 0. The fourth-order valence-corrected chi connectivity index (χ4v) is 5.79. The summed E-state index contributed by atoms with van der Waals surface area (Å²) in [6, 6.07) is 20.3. The molecular formula is C33H31FN2O5S. The van der Waals surface area contributed by atoms with E-state index in [4.69, 9.17) is 14.2 Å². The Hall–Kier alpha value is -4.50. The first kappa shape index (κ1) is 29.0. The zero-order chi connectivity index (χ0) is 29.8. The van der Waals surface area contributed by atoms with E-state index in [9.17, 15) is 14.0 Å². The van der Waals surface area contributed by atoms with Crippen molar-refractivity contribution in [2.45, 2.75) is 46.4 Å². The highest BCUT2D eigenvalue weighted by atomic mass is 32.1. The molecular weight excluding hydrogens is 555 g/mol. The molecule has 7 nitrogen and oxygen atoms in total. The SMILES string of the molecule is CCOC(=O)C1=C(C)N=c2s/c(=C/c3ccc(OCc4ccccc4F)cc3)c(=O)n2C1c1ccccc1OC(C)C. The van der Waals surface area contributed by atoms with Gasteiger partial charge in [-0.1, -0.05) is 59.9 Å². The van der Waals surface area contributed by atoms with Gasteiger partial charge in [0.15, 0.2) is 4.80 Å². The molecule has 9 heteroatoms. The van der Waals surface area contributed by atoms with Crippen molar-refractivity contribution in [3.05, 3.63) is 126 Å². The van der Waals surface area contributed by atoms with E-state index in [0.29, 0.717) is 43.2 Å². The monoisotopic (exact) mass is 586 g/mol. The molecule has 3 aromatic carbocycles. The summed E-state index contributed by atoms with van der Waals surface area (Å²) in [4.78, 5) is 32.3. The largest absolute Gasteiger partial charge is 0.491 e. The lowest BCUT2D eigenvalue weighted by molar-refractivity contribution is -0.139. The number of ether oxygens (including phenoxy) is 3. The van der Waals surface area contributed by atoms with E-state index in [1.807, 2.05) is 50.2 Å². The van der Waals surface area contributed by atoms with Crippen molar-refractivity contribution in [1.29, 1.82) is 0 Å². The third kappa shape index (κ3) is 6.06. The lowest BCUT2D eigenvalue weighted by Gasteiger charge is -2.26. The normalized spacial score (nSPS) is 14.9. The van der Waals surface area contributed by atoms with Crippen LogP contribution in [0.25, 0.3) is 6.08 Å². The van der Waals surface area contributed by atoms with Gasteiger partial charge in [0, 0.05) is 11.1 Å². The van der Waals surface area contributed by atoms with E-state index < -0.39 is 12.0 Å². The maximum absolute atomic E-state index is 13.9. The van der Waals surface area contributed by atoms with E-state index in [0.717, 1.165) is 5.56 Å². The molecule has 1 unspecified atom stereocenters. The highest BCUT2D eigenvalue weighted by Gasteiger charge is 2.35. The summed E-state index contributed by atoms with van der Waals surface area (Å²) in [5.41, 5.74) is 2.42. The summed E-state index contributed by atoms with van der Waals surface area (Å²) in [7, 11) is 0. The Morgan fingerprint density at radius 2 is 1.79 bits per heavy atom. The molecule has 0 saturated carbocycles. The fourth-order valence-electron chi connectivity index (χ4n) is 4.74. The minimum absolute atomic E-state index is 0.106. The minimum atomic E-state index is -0.772. The Bertz CT molecular complexity index is 1820. The van der Waals surface area contributed by atoms with Gasteiger partial charge in [0.05, 0.1) is 28.5 Å². The maximum Gasteiger partial charge on any atom is 0.338 e. The third-order valence-corrected chi connectivity index (χ3v) is 7.61. The average molecular weight is 587 g/mol. The van der Waals surface area contributed by atoms with Gasteiger partial charge in [0.1, 0.15) is 30.0 Å². The second-order valence-electron chi connectivity index (χ2n) is 9.96. The quantitative estimate of drug-likeness (QED) is 0.249. The number of thiazole rings is 1. The van der Waals surface area contributed by atoms with E-state index in [2.05, 4.69) is 4.99 Å². The van der Waals surface area contributed by atoms with Gasteiger partial charge in [-0.25, -0.2) is 14.2 Å². The highest BCUT2D eigenvalue weighted by Crippen LogP contribution is 2.36. The Balaban J connectivity index is 1.54. The van der Waals surface area contributed by atoms with Gasteiger partial charge >= 0.3 is 5.97 Å². The van der Waals surface area contributed by atoms with E-state index >= 15 is 0 Å². The fraction of sp³-hybridized carbons (Fsp3) is 0.242. The maximum atomic E-state index is 13.9. The van der Waals surface area contributed by atoms with Crippen LogP contribution in [0.15, 0.2) is 93.9 Å². The van der Waals surface area contributed by atoms with Gasteiger partial charge in [-0.15, -0.1) is 0 Å². The number of fused-ring (bicyclic) bond motifs is 1. The lowest BCUT2D eigenvalue weighted by Crippen LogP contribution is -2.40. The summed E-state index contributed by atoms with van der Waals surface area (Å²) in [5, 5.41) is 0. The summed E-state index contributed by atoms with van der Waals surface area (Å²) < 4.78 is 33.2. The molecule has 42 heavy (non-hydrogen) atoms. The summed E-state index contributed by atoms with van der Waals surface area (Å²) in [5.74, 6) is 0.314. The number of halogens is 1. The van der Waals surface area contributed by atoms with Crippen molar-refractivity contribution in [1.82, 2.24) is 4.57 Å². The van der Waals surface area contributed by atoms with Crippen LogP contribution in [-0.4, -0.2) is 23.2 Å². The summed E-state index contributed by atoms with van der Waals surface area (Å²) >= 11 is 1.25. The van der Waals surface area contributed by atoms with E-state index in [1.54, 1.807) is 54.8 Å². The Kier molecular flexibility index (Phi) is 8.68. The van der Waals surface area contributed by atoms with Crippen molar-refractivity contribution < 1.29 is 23.4 Å². The molecule has 4 aromatic rings. The zero-order valence-corrected chi connectivity index (χ0v) is 24.6.